The van der Waals surface area contributed by atoms with Crippen molar-refractivity contribution >= 4 is 23.3 Å². The summed E-state index contributed by atoms with van der Waals surface area (Å²) in [6.07, 6.45) is -0.0524. The van der Waals surface area contributed by atoms with Crippen LogP contribution in [0.4, 0.5) is 4.79 Å². The van der Waals surface area contributed by atoms with Crippen molar-refractivity contribution in [3.05, 3.63) is 22.4 Å². The second-order valence-corrected chi connectivity index (χ2v) is 6.04. The van der Waals surface area contributed by atoms with E-state index in [0.29, 0.717) is 6.54 Å². The molecule has 1 rings (SSSR count). The lowest BCUT2D eigenvalue weighted by Gasteiger charge is -2.35. The summed E-state index contributed by atoms with van der Waals surface area (Å²) in [5.41, 5.74) is 0.638. The van der Waals surface area contributed by atoms with E-state index in [1.165, 1.54) is 0 Å². The summed E-state index contributed by atoms with van der Waals surface area (Å²) in [4.78, 5) is 24.3. The Hall–Kier alpha value is -1.56. The molecule has 1 aromatic rings. The van der Waals surface area contributed by atoms with Crippen molar-refractivity contribution in [3.8, 4) is 0 Å². The highest BCUT2D eigenvalue weighted by Gasteiger charge is 2.26. The summed E-state index contributed by atoms with van der Waals surface area (Å²) < 4.78 is 0. The second-order valence-electron chi connectivity index (χ2n) is 5.26. The molecule has 1 heterocycles. The zero-order chi connectivity index (χ0) is 14.5. The first-order chi connectivity index (χ1) is 8.80. The van der Waals surface area contributed by atoms with Crippen LogP contribution in [0.3, 0.4) is 0 Å². The van der Waals surface area contributed by atoms with E-state index in [-0.39, 0.29) is 19.0 Å². The maximum Gasteiger partial charge on any atom is 0.318 e. The third-order valence-electron chi connectivity index (χ3n) is 2.63. The van der Waals surface area contributed by atoms with E-state index in [2.05, 4.69) is 5.32 Å². The molecule has 0 aliphatic carbocycles. The topological polar surface area (TPSA) is 69.6 Å². The SMILES string of the molecule is CC(C)(C)N(CCC(=O)O)C(=O)NCc1ccsc1. The number of amides is 2. The van der Waals surface area contributed by atoms with E-state index in [9.17, 15) is 9.59 Å². The van der Waals surface area contributed by atoms with Crippen LogP contribution in [-0.2, 0) is 11.3 Å². The van der Waals surface area contributed by atoms with Gasteiger partial charge in [0.25, 0.3) is 0 Å². The fourth-order valence-corrected chi connectivity index (χ4v) is 2.28. The van der Waals surface area contributed by atoms with Gasteiger partial charge in [0.15, 0.2) is 0 Å². The molecule has 2 N–H and O–H groups in total. The van der Waals surface area contributed by atoms with Crippen molar-refractivity contribution in [2.45, 2.75) is 39.3 Å². The summed E-state index contributed by atoms with van der Waals surface area (Å²) in [6.45, 7) is 6.33. The predicted molar refractivity (Wildman–Crippen MR) is 75.3 cm³/mol. The number of carboxylic acid groups (broad SMARTS) is 1. The van der Waals surface area contributed by atoms with E-state index in [4.69, 9.17) is 5.11 Å². The van der Waals surface area contributed by atoms with Gasteiger partial charge in [-0.3, -0.25) is 4.79 Å². The Bertz CT molecular complexity index is 424. The quantitative estimate of drug-likeness (QED) is 0.873. The summed E-state index contributed by atoms with van der Waals surface area (Å²) in [5, 5.41) is 15.5. The molecule has 0 saturated heterocycles. The molecule has 0 aromatic carbocycles. The molecule has 6 heteroatoms. The number of aliphatic carboxylic acids is 1. The molecule has 0 bridgehead atoms. The van der Waals surface area contributed by atoms with Crippen LogP contribution in [-0.4, -0.2) is 34.1 Å². The van der Waals surface area contributed by atoms with Gasteiger partial charge in [-0.25, -0.2) is 4.79 Å². The fourth-order valence-electron chi connectivity index (χ4n) is 1.62. The van der Waals surface area contributed by atoms with Crippen LogP contribution in [0, 0.1) is 0 Å². The number of carbonyl (C=O) groups is 2. The number of nitrogens with one attached hydrogen (secondary N) is 1. The fraction of sp³-hybridized carbons (Fsp3) is 0.538. The largest absolute Gasteiger partial charge is 0.481 e. The molecule has 0 unspecified atom stereocenters. The maximum absolute atomic E-state index is 12.1. The van der Waals surface area contributed by atoms with E-state index in [0.717, 1.165) is 5.56 Å². The van der Waals surface area contributed by atoms with Crippen molar-refractivity contribution in [2.24, 2.45) is 0 Å². The van der Waals surface area contributed by atoms with Gasteiger partial charge in [0.1, 0.15) is 0 Å². The minimum absolute atomic E-state index is 0.0524. The third-order valence-corrected chi connectivity index (χ3v) is 3.36. The van der Waals surface area contributed by atoms with E-state index in [1.807, 2.05) is 37.6 Å². The lowest BCUT2D eigenvalue weighted by Crippen LogP contribution is -2.50. The predicted octanol–water partition coefficient (Wildman–Crippen LogP) is 2.53. The van der Waals surface area contributed by atoms with Gasteiger partial charge in [-0.15, -0.1) is 0 Å². The van der Waals surface area contributed by atoms with Crippen LogP contribution in [0.2, 0.25) is 0 Å². The van der Waals surface area contributed by atoms with Crippen molar-refractivity contribution < 1.29 is 14.7 Å². The average Bonchev–Trinajstić information content (AvgIpc) is 2.76. The Morgan fingerprint density at radius 3 is 2.58 bits per heavy atom. The highest BCUT2D eigenvalue weighted by Crippen LogP contribution is 2.14. The summed E-state index contributed by atoms with van der Waals surface area (Å²) in [7, 11) is 0. The molecule has 0 aliphatic heterocycles. The summed E-state index contributed by atoms with van der Waals surface area (Å²) >= 11 is 1.58. The van der Waals surface area contributed by atoms with Crippen LogP contribution in [0.1, 0.15) is 32.8 Å². The number of carboxylic acids is 1. The van der Waals surface area contributed by atoms with Gasteiger partial charge in [0, 0.05) is 18.6 Å². The Morgan fingerprint density at radius 1 is 1.42 bits per heavy atom. The van der Waals surface area contributed by atoms with Gasteiger partial charge >= 0.3 is 12.0 Å². The van der Waals surface area contributed by atoms with Gasteiger partial charge in [-0.1, -0.05) is 0 Å². The Morgan fingerprint density at radius 2 is 2.11 bits per heavy atom. The zero-order valence-corrected chi connectivity index (χ0v) is 12.3. The number of hydrogen-bond donors (Lipinski definition) is 2. The summed E-state index contributed by atoms with van der Waals surface area (Å²) in [5.74, 6) is -0.903. The van der Waals surface area contributed by atoms with Crippen LogP contribution >= 0.6 is 11.3 Å². The first-order valence-corrected chi connectivity index (χ1v) is 7.03. The Balaban J connectivity index is 2.58. The van der Waals surface area contributed by atoms with Crippen molar-refractivity contribution in [1.82, 2.24) is 10.2 Å². The molecule has 2 amide bonds. The lowest BCUT2D eigenvalue weighted by atomic mass is 10.1. The number of nitrogens with zero attached hydrogens (tertiary/aromatic N) is 1. The van der Waals surface area contributed by atoms with Crippen molar-refractivity contribution in [3.63, 3.8) is 0 Å². The van der Waals surface area contributed by atoms with Gasteiger partial charge in [-0.05, 0) is 43.2 Å². The van der Waals surface area contributed by atoms with Crippen molar-refractivity contribution in [1.29, 1.82) is 0 Å². The number of hydrogen-bond acceptors (Lipinski definition) is 3. The van der Waals surface area contributed by atoms with E-state index >= 15 is 0 Å². The Labute approximate surface area is 117 Å². The number of rotatable bonds is 5. The molecule has 106 valence electrons. The molecule has 0 atom stereocenters. The minimum Gasteiger partial charge on any atom is -0.481 e. The maximum atomic E-state index is 12.1. The highest BCUT2D eigenvalue weighted by atomic mass is 32.1. The monoisotopic (exact) mass is 284 g/mol. The summed E-state index contributed by atoms with van der Waals surface area (Å²) in [6, 6.07) is 1.71. The van der Waals surface area contributed by atoms with Crippen LogP contribution in [0.5, 0.6) is 0 Å². The van der Waals surface area contributed by atoms with E-state index in [1.54, 1.807) is 16.2 Å². The van der Waals surface area contributed by atoms with Gasteiger partial charge in [-0.2, -0.15) is 11.3 Å². The number of carbonyl (C=O) groups excluding carboxylic acids is 1. The number of thiophene rings is 1. The molecule has 0 saturated carbocycles. The lowest BCUT2D eigenvalue weighted by molar-refractivity contribution is -0.137. The molecular formula is C13H20N2O3S. The Kier molecular flexibility index (Phi) is 5.35. The molecule has 0 fully saturated rings. The van der Waals surface area contributed by atoms with Gasteiger partial charge < -0.3 is 15.3 Å². The van der Waals surface area contributed by atoms with E-state index < -0.39 is 11.5 Å². The molecule has 0 radical (unpaired) electrons. The van der Waals surface area contributed by atoms with Crippen LogP contribution in [0.15, 0.2) is 16.8 Å². The molecule has 19 heavy (non-hydrogen) atoms. The standard InChI is InChI=1S/C13H20N2O3S/c1-13(2,3)15(6-4-11(16)17)12(18)14-8-10-5-7-19-9-10/h5,7,9H,4,6,8H2,1-3H3,(H,14,18)(H,16,17). The van der Waals surface area contributed by atoms with Crippen LogP contribution < -0.4 is 5.32 Å². The van der Waals surface area contributed by atoms with Gasteiger partial charge in [0.2, 0.25) is 0 Å². The van der Waals surface area contributed by atoms with Gasteiger partial charge in [0.05, 0.1) is 6.42 Å². The first kappa shape index (κ1) is 15.5. The molecule has 0 aliphatic rings. The highest BCUT2D eigenvalue weighted by molar-refractivity contribution is 7.07. The second kappa shape index (κ2) is 6.56. The van der Waals surface area contributed by atoms with Crippen LogP contribution in [0.25, 0.3) is 0 Å². The first-order valence-electron chi connectivity index (χ1n) is 6.09. The molecule has 5 nitrogen and oxygen atoms in total. The molecule has 0 spiro atoms. The average molecular weight is 284 g/mol. The van der Waals surface area contributed by atoms with Crippen molar-refractivity contribution in [2.75, 3.05) is 6.54 Å². The zero-order valence-electron chi connectivity index (χ0n) is 11.5. The smallest absolute Gasteiger partial charge is 0.318 e. The third kappa shape index (κ3) is 5.30. The molecule has 1 aromatic heterocycles. The minimum atomic E-state index is -0.903. The normalized spacial score (nSPS) is 11.1. The molecular weight excluding hydrogens is 264 g/mol. The number of urea groups is 1.